The summed E-state index contributed by atoms with van der Waals surface area (Å²) in [7, 11) is 1.57. The largest absolute Gasteiger partial charge is 0.508 e. The number of likely N-dealkylation sites (N-methyl/N-ethyl adjacent to an activating group) is 1. The number of carbonyl (C=O) groups excluding carboxylic acids is 2. The lowest BCUT2D eigenvalue weighted by Gasteiger charge is -2.33. The van der Waals surface area contributed by atoms with Crippen LogP contribution in [-0.2, 0) is 27.8 Å². The quantitative estimate of drug-likeness (QED) is 0.312. The smallest absolute Gasteiger partial charge is 0.243 e. The van der Waals surface area contributed by atoms with Crippen LogP contribution in [-0.4, -0.2) is 56.1 Å². The second-order valence-corrected chi connectivity index (χ2v) is 11.3. The van der Waals surface area contributed by atoms with Crippen LogP contribution < -0.4 is 11.1 Å². The number of H-pyrrole nitrogens is 1. The minimum atomic E-state index is -0.896. The highest BCUT2D eigenvalue weighted by Gasteiger charge is 2.34. The molecule has 0 spiro atoms. The number of aromatic hydroxyl groups is 1. The first kappa shape index (κ1) is 29.8. The minimum Gasteiger partial charge on any atom is -0.508 e. The molecule has 5 N–H and O–H groups in total. The van der Waals surface area contributed by atoms with Crippen LogP contribution in [0.15, 0.2) is 48.8 Å². The number of benzene rings is 2. The monoisotopic (exact) mass is 538 g/mol. The van der Waals surface area contributed by atoms with Crippen LogP contribution in [0.1, 0.15) is 63.2 Å². The molecule has 3 rings (SSSR count). The molecule has 10 heteroatoms. The van der Waals surface area contributed by atoms with Crippen molar-refractivity contribution in [3.63, 3.8) is 0 Å². The first-order chi connectivity index (χ1) is 18.3. The van der Waals surface area contributed by atoms with Crippen molar-refractivity contribution in [3.05, 3.63) is 77.1 Å². The van der Waals surface area contributed by atoms with Crippen molar-refractivity contribution < 1.29 is 19.1 Å². The van der Waals surface area contributed by atoms with Gasteiger partial charge in [-0.2, -0.15) is 0 Å². The van der Waals surface area contributed by atoms with Crippen LogP contribution >= 0.6 is 0 Å². The SMILES string of the molecule is CC(C)[C@@H](C(=O)N[C@@H](Cc1ccc(O)c(C(C)(C)C)c1)c1nnc[nH]1)N(C)C(=O)[C@@H](N)Cc1ccc(F)cc1. The normalized spacial score (nSPS) is 14.1. The Balaban J connectivity index is 1.80. The molecule has 0 saturated carbocycles. The Morgan fingerprint density at radius 3 is 2.31 bits per heavy atom. The molecule has 39 heavy (non-hydrogen) atoms. The summed E-state index contributed by atoms with van der Waals surface area (Å²) in [4.78, 5) is 31.2. The van der Waals surface area contributed by atoms with Crippen LogP contribution in [0.3, 0.4) is 0 Å². The number of hydrogen-bond acceptors (Lipinski definition) is 6. The van der Waals surface area contributed by atoms with Crippen molar-refractivity contribution in [2.45, 2.75) is 71.0 Å². The van der Waals surface area contributed by atoms with Crippen LogP contribution in [0.5, 0.6) is 5.75 Å². The summed E-state index contributed by atoms with van der Waals surface area (Å²) < 4.78 is 13.3. The van der Waals surface area contributed by atoms with Gasteiger partial charge in [-0.15, -0.1) is 10.2 Å². The number of hydrogen-bond donors (Lipinski definition) is 4. The van der Waals surface area contributed by atoms with E-state index in [1.165, 1.54) is 23.4 Å². The van der Waals surface area contributed by atoms with Gasteiger partial charge in [-0.3, -0.25) is 9.59 Å². The van der Waals surface area contributed by atoms with Crippen molar-refractivity contribution >= 4 is 11.8 Å². The fourth-order valence-corrected chi connectivity index (χ4v) is 4.69. The van der Waals surface area contributed by atoms with E-state index in [1.807, 2.05) is 46.8 Å². The summed E-state index contributed by atoms with van der Waals surface area (Å²) >= 11 is 0. The Labute approximate surface area is 229 Å². The predicted molar refractivity (Wildman–Crippen MR) is 147 cm³/mol. The number of halogens is 1. The zero-order chi connectivity index (χ0) is 28.9. The minimum absolute atomic E-state index is 0.212. The third-order valence-electron chi connectivity index (χ3n) is 6.74. The Hall–Kier alpha value is -3.79. The molecule has 0 radical (unpaired) electrons. The summed E-state index contributed by atoms with van der Waals surface area (Å²) in [5.74, 6) is -0.644. The maximum Gasteiger partial charge on any atom is 0.243 e. The van der Waals surface area contributed by atoms with E-state index in [0.717, 1.165) is 16.7 Å². The Bertz CT molecular complexity index is 1260. The number of aromatic amines is 1. The fourth-order valence-electron chi connectivity index (χ4n) is 4.69. The first-order valence-electron chi connectivity index (χ1n) is 13.0. The van der Waals surface area contributed by atoms with Crippen LogP contribution in [0, 0.1) is 11.7 Å². The van der Waals surface area contributed by atoms with Crippen molar-refractivity contribution in [2.24, 2.45) is 11.7 Å². The number of phenolic OH excluding ortho intramolecular Hbond substituents is 1. The lowest BCUT2D eigenvalue weighted by atomic mass is 9.84. The topological polar surface area (TPSA) is 137 Å². The van der Waals surface area contributed by atoms with Gasteiger partial charge in [0.15, 0.2) is 5.82 Å². The number of nitrogens with zero attached hydrogens (tertiary/aromatic N) is 3. The van der Waals surface area contributed by atoms with Gasteiger partial charge >= 0.3 is 0 Å². The number of nitrogens with one attached hydrogen (secondary N) is 2. The summed E-state index contributed by atoms with van der Waals surface area (Å²) in [6.45, 7) is 9.77. The number of phenols is 1. The Morgan fingerprint density at radius 2 is 1.74 bits per heavy atom. The van der Waals surface area contributed by atoms with E-state index in [2.05, 4.69) is 20.5 Å². The zero-order valence-corrected chi connectivity index (χ0v) is 23.4. The van der Waals surface area contributed by atoms with E-state index in [9.17, 15) is 19.1 Å². The highest BCUT2D eigenvalue weighted by atomic mass is 19.1. The first-order valence-corrected chi connectivity index (χ1v) is 13.0. The molecule has 0 aliphatic carbocycles. The van der Waals surface area contributed by atoms with Crippen LogP contribution in [0.2, 0.25) is 0 Å². The zero-order valence-electron chi connectivity index (χ0n) is 23.4. The van der Waals surface area contributed by atoms with E-state index in [1.54, 1.807) is 25.2 Å². The van der Waals surface area contributed by atoms with Crippen molar-refractivity contribution in [3.8, 4) is 5.75 Å². The van der Waals surface area contributed by atoms with Crippen molar-refractivity contribution in [1.29, 1.82) is 0 Å². The summed E-state index contributed by atoms with van der Waals surface area (Å²) in [6.07, 6.45) is 2.04. The number of amides is 2. The number of rotatable bonds is 10. The van der Waals surface area contributed by atoms with Crippen molar-refractivity contribution in [2.75, 3.05) is 7.05 Å². The number of aromatic nitrogens is 3. The highest BCUT2D eigenvalue weighted by molar-refractivity contribution is 5.90. The Kier molecular flexibility index (Phi) is 9.45. The molecule has 3 aromatic rings. The van der Waals surface area contributed by atoms with Gasteiger partial charge in [0.2, 0.25) is 11.8 Å². The molecule has 0 aliphatic heterocycles. The molecule has 0 fully saturated rings. The molecule has 1 aromatic heterocycles. The molecular weight excluding hydrogens is 499 g/mol. The van der Waals surface area contributed by atoms with Gasteiger partial charge in [-0.25, -0.2) is 4.39 Å². The van der Waals surface area contributed by atoms with Gasteiger partial charge in [0.1, 0.15) is 23.9 Å². The lowest BCUT2D eigenvalue weighted by Crippen LogP contribution is -2.55. The average molecular weight is 539 g/mol. The molecule has 3 atom stereocenters. The molecule has 0 unspecified atom stereocenters. The van der Waals surface area contributed by atoms with Gasteiger partial charge in [0.25, 0.3) is 0 Å². The predicted octanol–water partition coefficient (Wildman–Crippen LogP) is 3.40. The fraction of sp³-hybridized carbons (Fsp3) is 0.448. The maximum atomic E-state index is 13.6. The van der Waals surface area contributed by atoms with E-state index < -0.39 is 24.0 Å². The maximum absolute atomic E-state index is 13.6. The second kappa shape index (κ2) is 12.4. The molecule has 210 valence electrons. The van der Waals surface area contributed by atoms with Gasteiger partial charge in [0, 0.05) is 7.05 Å². The molecule has 0 saturated heterocycles. The average Bonchev–Trinajstić information content (AvgIpc) is 3.40. The van der Waals surface area contributed by atoms with Gasteiger partial charge in [-0.05, 0) is 59.1 Å². The summed E-state index contributed by atoms with van der Waals surface area (Å²) in [6, 6.07) is 8.96. The molecule has 1 heterocycles. The van der Waals surface area contributed by atoms with Gasteiger partial charge in [0.05, 0.1) is 12.1 Å². The number of nitrogens with two attached hydrogens (primary N) is 1. The third-order valence-corrected chi connectivity index (χ3v) is 6.74. The van der Waals surface area contributed by atoms with E-state index >= 15 is 0 Å². The molecule has 9 nitrogen and oxygen atoms in total. The van der Waals surface area contributed by atoms with Crippen LogP contribution in [0.25, 0.3) is 0 Å². The van der Waals surface area contributed by atoms with Gasteiger partial charge in [-0.1, -0.05) is 58.9 Å². The molecule has 2 amide bonds. The third kappa shape index (κ3) is 7.63. The highest BCUT2D eigenvalue weighted by Crippen LogP contribution is 2.32. The summed E-state index contributed by atoms with van der Waals surface area (Å²) in [5, 5.41) is 21.4. The molecular formula is C29H39FN6O3. The molecule has 0 bridgehead atoms. The van der Waals surface area contributed by atoms with Gasteiger partial charge < -0.3 is 26.0 Å². The molecule has 2 aromatic carbocycles. The second-order valence-electron chi connectivity index (χ2n) is 11.3. The summed E-state index contributed by atoms with van der Waals surface area (Å²) in [5.41, 5.74) is 8.35. The standard InChI is InChI=1S/C29H39FN6O3/c1-17(2)25(36(6)28(39)22(31)14-18-7-10-20(30)11-8-18)27(38)34-23(26-32-16-33-35-26)15-19-9-12-24(37)21(13-19)29(3,4)5/h7-13,16-17,22-23,25,37H,14-15,31H2,1-6H3,(H,34,38)(H,32,33,35)/t22-,23-,25-/m0/s1. The van der Waals surface area contributed by atoms with E-state index in [-0.39, 0.29) is 35.2 Å². The van der Waals surface area contributed by atoms with E-state index in [0.29, 0.717) is 12.2 Å². The van der Waals surface area contributed by atoms with Crippen molar-refractivity contribution in [1.82, 2.24) is 25.4 Å². The van der Waals surface area contributed by atoms with Crippen LogP contribution in [0.4, 0.5) is 4.39 Å². The Morgan fingerprint density at radius 1 is 1.10 bits per heavy atom. The number of carbonyl (C=O) groups is 2. The lowest BCUT2D eigenvalue weighted by molar-refractivity contribution is -0.141. The van der Waals surface area contributed by atoms with E-state index in [4.69, 9.17) is 5.73 Å². The molecule has 0 aliphatic rings.